The molecule has 1 unspecified atom stereocenters. The molecule has 0 aromatic heterocycles. The summed E-state index contributed by atoms with van der Waals surface area (Å²) in [6, 6.07) is 3.70. The fourth-order valence-corrected chi connectivity index (χ4v) is 3.09. The highest BCUT2D eigenvalue weighted by molar-refractivity contribution is 6.05. The van der Waals surface area contributed by atoms with E-state index in [0.29, 0.717) is 5.56 Å². The van der Waals surface area contributed by atoms with Crippen LogP contribution in [0.4, 0.5) is 9.18 Å². The molecule has 0 bridgehead atoms. The van der Waals surface area contributed by atoms with Crippen LogP contribution in [0.25, 0.3) is 0 Å². The maximum atomic E-state index is 14.1. The Morgan fingerprint density at radius 1 is 1.19 bits per heavy atom. The van der Waals surface area contributed by atoms with Crippen LogP contribution in [-0.4, -0.2) is 47.1 Å². The zero-order chi connectivity index (χ0) is 24.5. The van der Waals surface area contributed by atoms with Crippen molar-refractivity contribution in [2.45, 2.75) is 72.6 Å². The molecule has 1 aromatic rings. The van der Waals surface area contributed by atoms with Gasteiger partial charge in [-0.05, 0) is 56.9 Å². The third kappa shape index (κ3) is 6.05. The SMILES string of the molecule is COC(=O)c1cc(F)cc(CN2C(=O)CC(C)(C(C)(C)C)N=C2NC(=O)OC(C)(C)C)c1. The Balaban J connectivity index is 2.46. The van der Waals surface area contributed by atoms with E-state index in [2.05, 4.69) is 10.1 Å². The number of hydrogen-bond acceptors (Lipinski definition) is 6. The average molecular weight is 450 g/mol. The number of hydrogen-bond donors (Lipinski definition) is 1. The third-order valence-corrected chi connectivity index (χ3v) is 5.35. The fraction of sp³-hybridized carbons (Fsp3) is 0.565. The molecule has 1 aromatic carbocycles. The van der Waals surface area contributed by atoms with Crippen molar-refractivity contribution in [2.75, 3.05) is 7.11 Å². The van der Waals surface area contributed by atoms with Crippen molar-refractivity contribution in [3.8, 4) is 0 Å². The van der Waals surface area contributed by atoms with Gasteiger partial charge >= 0.3 is 12.1 Å². The predicted molar refractivity (Wildman–Crippen MR) is 118 cm³/mol. The molecule has 9 heteroatoms. The second-order valence-electron chi connectivity index (χ2n) is 10.1. The first kappa shape index (κ1) is 25.3. The molecule has 2 amide bonds. The molecule has 176 valence electrons. The second-order valence-corrected chi connectivity index (χ2v) is 10.1. The highest BCUT2D eigenvalue weighted by Crippen LogP contribution is 2.39. The van der Waals surface area contributed by atoms with E-state index >= 15 is 0 Å². The van der Waals surface area contributed by atoms with E-state index in [9.17, 15) is 18.8 Å². The summed E-state index contributed by atoms with van der Waals surface area (Å²) in [5, 5.41) is 2.58. The number of nitrogens with zero attached hydrogens (tertiary/aromatic N) is 2. The number of carbonyl (C=O) groups excluding carboxylic acids is 3. The number of nitrogens with one attached hydrogen (secondary N) is 1. The van der Waals surface area contributed by atoms with Gasteiger partial charge in [0.15, 0.2) is 0 Å². The Hall–Kier alpha value is -2.97. The lowest BCUT2D eigenvalue weighted by atomic mass is 9.72. The zero-order valence-corrected chi connectivity index (χ0v) is 20.0. The molecule has 8 nitrogen and oxygen atoms in total. The number of carbonyl (C=O) groups is 3. The van der Waals surface area contributed by atoms with Crippen molar-refractivity contribution in [3.63, 3.8) is 0 Å². The number of methoxy groups -OCH3 is 1. The molecular weight excluding hydrogens is 417 g/mol. The van der Waals surface area contributed by atoms with Gasteiger partial charge in [-0.3, -0.25) is 15.0 Å². The van der Waals surface area contributed by atoms with E-state index in [0.717, 1.165) is 6.07 Å². The van der Waals surface area contributed by atoms with Gasteiger partial charge in [0.25, 0.3) is 0 Å². The van der Waals surface area contributed by atoms with Crippen LogP contribution in [0.3, 0.4) is 0 Å². The minimum absolute atomic E-state index is 0.0109. The van der Waals surface area contributed by atoms with Crippen LogP contribution >= 0.6 is 0 Å². The topological polar surface area (TPSA) is 97.3 Å². The van der Waals surface area contributed by atoms with Crippen LogP contribution in [0.5, 0.6) is 0 Å². The van der Waals surface area contributed by atoms with Crippen molar-refractivity contribution in [3.05, 3.63) is 35.1 Å². The Morgan fingerprint density at radius 3 is 2.34 bits per heavy atom. The van der Waals surface area contributed by atoms with Gasteiger partial charge in [-0.25, -0.2) is 19.0 Å². The molecular formula is C23H32FN3O5. The second kappa shape index (κ2) is 8.88. The zero-order valence-electron chi connectivity index (χ0n) is 20.0. The molecule has 1 heterocycles. The van der Waals surface area contributed by atoms with E-state index in [1.807, 2.05) is 27.7 Å². The number of aliphatic imine (C=N–C) groups is 1. The van der Waals surface area contributed by atoms with Crippen LogP contribution in [0.1, 0.15) is 70.8 Å². The molecule has 1 aliphatic heterocycles. The minimum Gasteiger partial charge on any atom is -0.465 e. The lowest BCUT2D eigenvalue weighted by molar-refractivity contribution is -0.131. The summed E-state index contributed by atoms with van der Waals surface area (Å²) in [6.45, 7) is 12.8. The molecule has 1 atom stereocenters. The van der Waals surface area contributed by atoms with Crippen molar-refractivity contribution in [1.82, 2.24) is 10.2 Å². The first-order valence-electron chi connectivity index (χ1n) is 10.3. The first-order chi connectivity index (χ1) is 14.5. The lowest BCUT2D eigenvalue weighted by Gasteiger charge is -2.44. The van der Waals surface area contributed by atoms with E-state index in [1.165, 1.54) is 24.1 Å². The predicted octanol–water partition coefficient (Wildman–Crippen LogP) is 4.03. The van der Waals surface area contributed by atoms with Crippen LogP contribution in [0.2, 0.25) is 0 Å². The smallest absolute Gasteiger partial charge is 0.414 e. The number of ether oxygens (including phenoxy) is 2. The molecule has 0 aliphatic carbocycles. The van der Waals surface area contributed by atoms with Gasteiger partial charge in [0.1, 0.15) is 11.4 Å². The van der Waals surface area contributed by atoms with Crippen LogP contribution < -0.4 is 5.32 Å². The van der Waals surface area contributed by atoms with Crippen molar-refractivity contribution in [1.29, 1.82) is 0 Å². The molecule has 0 fully saturated rings. The maximum Gasteiger partial charge on any atom is 0.414 e. The minimum atomic E-state index is -0.788. The standard InChI is InChI=1S/C23H32FN3O5/c1-21(2,3)23(7)12-17(28)27(19(26-23)25-20(30)32-22(4,5)6)13-14-9-15(18(29)31-8)11-16(24)10-14/h9-11H,12-13H2,1-8H3,(H,25,26,30). The molecule has 0 spiro atoms. The first-order valence-corrected chi connectivity index (χ1v) is 10.3. The summed E-state index contributed by atoms with van der Waals surface area (Å²) in [6.07, 6.45) is -0.670. The quantitative estimate of drug-likeness (QED) is 0.703. The Morgan fingerprint density at radius 2 is 1.81 bits per heavy atom. The molecule has 0 radical (unpaired) electrons. The van der Waals surface area contributed by atoms with Gasteiger partial charge in [0, 0.05) is 0 Å². The maximum absolute atomic E-state index is 14.1. The summed E-state index contributed by atoms with van der Waals surface area (Å²) in [5.74, 6) is -1.63. The van der Waals surface area contributed by atoms with Crippen molar-refractivity contribution < 1.29 is 28.2 Å². The van der Waals surface area contributed by atoms with Crippen LogP contribution in [-0.2, 0) is 20.8 Å². The van der Waals surface area contributed by atoms with E-state index in [4.69, 9.17) is 9.73 Å². The number of esters is 1. The highest BCUT2D eigenvalue weighted by atomic mass is 19.1. The van der Waals surface area contributed by atoms with E-state index in [1.54, 1.807) is 20.8 Å². The van der Waals surface area contributed by atoms with E-state index < -0.39 is 29.0 Å². The average Bonchev–Trinajstić information content (AvgIpc) is 2.61. The van der Waals surface area contributed by atoms with E-state index in [-0.39, 0.29) is 35.8 Å². The third-order valence-electron chi connectivity index (χ3n) is 5.35. The number of rotatable bonds is 3. The summed E-state index contributed by atoms with van der Waals surface area (Å²) >= 11 is 0. The van der Waals surface area contributed by atoms with Gasteiger partial charge in [-0.15, -0.1) is 0 Å². The number of guanidine groups is 1. The Labute approximate surface area is 188 Å². The largest absolute Gasteiger partial charge is 0.465 e. The summed E-state index contributed by atoms with van der Waals surface area (Å²) < 4.78 is 24.1. The number of alkyl carbamates (subject to hydrolysis) is 1. The van der Waals surface area contributed by atoms with Gasteiger partial charge in [-0.1, -0.05) is 20.8 Å². The summed E-state index contributed by atoms with van der Waals surface area (Å²) in [7, 11) is 1.20. The number of halogens is 1. The van der Waals surface area contributed by atoms with Gasteiger partial charge in [-0.2, -0.15) is 0 Å². The lowest BCUT2D eigenvalue weighted by Crippen LogP contribution is -2.57. The van der Waals surface area contributed by atoms with Crippen molar-refractivity contribution in [2.24, 2.45) is 10.4 Å². The van der Waals surface area contributed by atoms with Crippen molar-refractivity contribution >= 4 is 23.9 Å². The number of benzene rings is 1. The highest BCUT2D eigenvalue weighted by Gasteiger charge is 2.45. The normalized spacial score (nSPS) is 19.3. The Kier molecular flexibility index (Phi) is 7.02. The van der Waals surface area contributed by atoms with Gasteiger partial charge in [0.2, 0.25) is 11.9 Å². The molecule has 0 saturated heterocycles. The monoisotopic (exact) mass is 449 g/mol. The molecule has 0 saturated carbocycles. The molecule has 1 N–H and O–H groups in total. The molecule has 2 rings (SSSR count). The summed E-state index contributed by atoms with van der Waals surface area (Å²) in [5.41, 5.74) is -1.56. The number of amides is 2. The van der Waals surface area contributed by atoms with Gasteiger partial charge in [0.05, 0.1) is 31.2 Å². The molecule has 32 heavy (non-hydrogen) atoms. The van der Waals surface area contributed by atoms with Gasteiger partial charge < -0.3 is 9.47 Å². The van der Waals surface area contributed by atoms with Crippen LogP contribution in [0.15, 0.2) is 23.2 Å². The summed E-state index contributed by atoms with van der Waals surface area (Å²) in [4.78, 5) is 43.4. The van der Waals surface area contributed by atoms with Crippen LogP contribution in [0, 0.1) is 11.2 Å². The Bertz CT molecular complexity index is 946. The molecule has 1 aliphatic rings. The fourth-order valence-electron chi connectivity index (χ4n) is 3.09.